The molecule has 2 aromatic carbocycles. The van der Waals surface area contributed by atoms with Crippen LogP contribution < -0.4 is 0 Å². The van der Waals surface area contributed by atoms with E-state index in [2.05, 4.69) is 60.7 Å². The molecule has 0 aliphatic heterocycles. The Labute approximate surface area is 144 Å². The van der Waals surface area contributed by atoms with Crippen molar-refractivity contribution in [3.05, 3.63) is 77.5 Å². The van der Waals surface area contributed by atoms with Crippen LogP contribution in [0.1, 0.15) is 54.8 Å². The lowest BCUT2D eigenvalue weighted by atomic mass is 9.81. The average Bonchev–Trinajstić information content (AvgIpc) is 2.67. The molecule has 0 atom stereocenters. The van der Waals surface area contributed by atoms with E-state index in [0.29, 0.717) is 0 Å². The highest BCUT2D eigenvalue weighted by Crippen LogP contribution is 2.34. The highest BCUT2D eigenvalue weighted by atomic mass is 14.7. The van der Waals surface area contributed by atoms with Gasteiger partial charge in [-0.05, 0) is 54.9 Å². The average molecular weight is 315 g/mol. The van der Waals surface area contributed by atoms with Gasteiger partial charge in [-0.1, -0.05) is 67.8 Å². The molecule has 0 N–H and O–H groups in total. The molecule has 1 aliphatic rings. The molecular weight excluding hydrogens is 290 g/mol. The van der Waals surface area contributed by atoms with Crippen molar-refractivity contribution in [2.75, 3.05) is 0 Å². The molecule has 0 bridgehead atoms. The van der Waals surface area contributed by atoms with Crippen LogP contribution in [0.15, 0.2) is 60.7 Å². The second-order valence-electron chi connectivity index (χ2n) is 7.03. The SMILES string of the molecule is c1ccc(C2CCCCC2)c(CCc2ccc3ccccc3n2)c1. The first-order valence-electron chi connectivity index (χ1n) is 9.32. The van der Waals surface area contributed by atoms with Crippen LogP contribution in [0.3, 0.4) is 0 Å². The zero-order valence-electron chi connectivity index (χ0n) is 14.2. The molecule has 0 unspecified atom stereocenters. The van der Waals surface area contributed by atoms with E-state index in [9.17, 15) is 0 Å². The van der Waals surface area contributed by atoms with Crippen LogP contribution in [-0.2, 0) is 12.8 Å². The topological polar surface area (TPSA) is 12.9 Å². The van der Waals surface area contributed by atoms with Crippen LogP contribution in [0, 0.1) is 0 Å². The minimum Gasteiger partial charge on any atom is -0.253 e. The summed E-state index contributed by atoms with van der Waals surface area (Å²) in [5, 5.41) is 1.23. The van der Waals surface area contributed by atoms with E-state index in [1.165, 1.54) is 48.7 Å². The van der Waals surface area contributed by atoms with Gasteiger partial charge in [-0.3, -0.25) is 4.98 Å². The van der Waals surface area contributed by atoms with E-state index >= 15 is 0 Å². The summed E-state index contributed by atoms with van der Waals surface area (Å²) in [6.45, 7) is 0. The normalized spacial score (nSPS) is 15.7. The second kappa shape index (κ2) is 7.17. The van der Waals surface area contributed by atoms with Gasteiger partial charge in [0.25, 0.3) is 0 Å². The molecule has 24 heavy (non-hydrogen) atoms. The summed E-state index contributed by atoms with van der Waals surface area (Å²) in [4.78, 5) is 4.83. The van der Waals surface area contributed by atoms with Gasteiger partial charge < -0.3 is 0 Å². The van der Waals surface area contributed by atoms with Gasteiger partial charge >= 0.3 is 0 Å². The molecule has 3 aromatic rings. The third-order valence-electron chi connectivity index (χ3n) is 5.41. The fourth-order valence-corrected chi connectivity index (χ4v) is 4.08. The van der Waals surface area contributed by atoms with Crippen LogP contribution in [-0.4, -0.2) is 4.98 Å². The van der Waals surface area contributed by atoms with E-state index in [1.807, 2.05) is 0 Å². The molecule has 0 radical (unpaired) electrons. The number of rotatable bonds is 4. The lowest BCUT2D eigenvalue weighted by Gasteiger charge is -2.24. The number of benzene rings is 2. The van der Waals surface area contributed by atoms with Gasteiger partial charge in [0.05, 0.1) is 5.52 Å². The molecular formula is C23H25N. The lowest BCUT2D eigenvalue weighted by Crippen LogP contribution is -2.08. The van der Waals surface area contributed by atoms with Crippen molar-refractivity contribution < 1.29 is 0 Å². The molecule has 0 saturated heterocycles. The van der Waals surface area contributed by atoms with Gasteiger partial charge in [-0.15, -0.1) is 0 Å². The number of hydrogen-bond donors (Lipinski definition) is 0. The van der Waals surface area contributed by atoms with Crippen molar-refractivity contribution in [1.29, 1.82) is 0 Å². The van der Waals surface area contributed by atoms with Gasteiger partial charge in [0.15, 0.2) is 0 Å². The molecule has 1 heterocycles. The van der Waals surface area contributed by atoms with Crippen LogP contribution in [0.25, 0.3) is 10.9 Å². The van der Waals surface area contributed by atoms with E-state index in [4.69, 9.17) is 4.98 Å². The van der Waals surface area contributed by atoms with Crippen LogP contribution in [0.2, 0.25) is 0 Å². The van der Waals surface area contributed by atoms with Crippen molar-refractivity contribution in [2.45, 2.75) is 50.9 Å². The molecule has 1 heteroatoms. The third kappa shape index (κ3) is 3.36. The van der Waals surface area contributed by atoms with E-state index in [1.54, 1.807) is 5.56 Å². The Morgan fingerprint density at radius 3 is 2.46 bits per heavy atom. The summed E-state index contributed by atoms with van der Waals surface area (Å²) >= 11 is 0. The Kier molecular flexibility index (Phi) is 4.60. The summed E-state index contributed by atoms with van der Waals surface area (Å²) in [7, 11) is 0. The number of pyridine rings is 1. The molecule has 122 valence electrons. The minimum absolute atomic E-state index is 0.777. The Bertz CT molecular complexity index is 815. The van der Waals surface area contributed by atoms with Gasteiger partial charge in [-0.25, -0.2) is 0 Å². The highest BCUT2D eigenvalue weighted by Gasteiger charge is 2.17. The summed E-state index contributed by atoms with van der Waals surface area (Å²) in [5.74, 6) is 0.777. The zero-order valence-corrected chi connectivity index (χ0v) is 14.2. The number of aryl methyl sites for hydroxylation is 2. The first kappa shape index (κ1) is 15.4. The van der Waals surface area contributed by atoms with E-state index < -0.39 is 0 Å². The molecule has 1 fully saturated rings. The number of aromatic nitrogens is 1. The largest absolute Gasteiger partial charge is 0.253 e. The second-order valence-corrected chi connectivity index (χ2v) is 7.03. The van der Waals surface area contributed by atoms with Crippen LogP contribution in [0.5, 0.6) is 0 Å². The molecule has 1 aliphatic carbocycles. The first-order valence-corrected chi connectivity index (χ1v) is 9.32. The molecule has 1 saturated carbocycles. The fraction of sp³-hybridized carbons (Fsp3) is 0.348. The molecule has 1 nitrogen and oxygen atoms in total. The van der Waals surface area contributed by atoms with Crippen molar-refractivity contribution >= 4 is 10.9 Å². The standard InChI is InChI=1S/C23H25N/c1-2-8-18(9-3-1)22-12-6-4-10-19(22)14-16-21-17-15-20-11-5-7-13-23(20)24-21/h4-7,10-13,15,17-18H,1-3,8-9,14,16H2. The monoisotopic (exact) mass is 315 g/mol. The summed E-state index contributed by atoms with van der Waals surface area (Å²) in [5.41, 5.74) is 5.43. The Morgan fingerprint density at radius 2 is 1.54 bits per heavy atom. The minimum atomic E-state index is 0.777. The number of fused-ring (bicyclic) bond motifs is 1. The van der Waals surface area contributed by atoms with Gasteiger partial charge in [-0.2, -0.15) is 0 Å². The third-order valence-corrected chi connectivity index (χ3v) is 5.41. The summed E-state index contributed by atoms with van der Waals surface area (Å²) < 4.78 is 0. The molecule has 0 amide bonds. The van der Waals surface area contributed by atoms with Crippen molar-refractivity contribution in [3.63, 3.8) is 0 Å². The Hall–Kier alpha value is -2.15. The molecule has 0 spiro atoms. The maximum Gasteiger partial charge on any atom is 0.0705 e. The summed E-state index contributed by atoms with van der Waals surface area (Å²) in [6, 6.07) is 21.8. The van der Waals surface area contributed by atoms with Crippen molar-refractivity contribution in [2.24, 2.45) is 0 Å². The van der Waals surface area contributed by atoms with E-state index in [-0.39, 0.29) is 0 Å². The van der Waals surface area contributed by atoms with Crippen LogP contribution in [0.4, 0.5) is 0 Å². The number of hydrogen-bond acceptors (Lipinski definition) is 1. The van der Waals surface area contributed by atoms with Crippen molar-refractivity contribution in [1.82, 2.24) is 4.98 Å². The zero-order chi connectivity index (χ0) is 16.2. The maximum atomic E-state index is 4.83. The fourth-order valence-electron chi connectivity index (χ4n) is 4.08. The predicted octanol–water partition coefficient (Wildman–Crippen LogP) is 6.07. The quantitative estimate of drug-likeness (QED) is 0.569. The number of nitrogens with zero attached hydrogens (tertiary/aromatic N) is 1. The highest BCUT2D eigenvalue weighted by molar-refractivity contribution is 5.78. The molecule has 4 rings (SSSR count). The van der Waals surface area contributed by atoms with E-state index in [0.717, 1.165) is 24.3 Å². The van der Waals surface area contributed by atoms with Gasteiger partial charge in [0.2, 0.25) is 0 Å². The Balaban J connectivity index is 1.52. The predicted molar refractivity (Wildman–Crippen MR) is 101 cm³/mol. The smallest absolute Gasteiger partial charge is 0.0705 e. The molecule has 1 aromatic heterocycles. The number of para-hydroxylation sites is 1. The lowest BCUT2D eigenvalue weighted by molar-refractivity contribution is 0.441. The van der Waals surface area contributed by atoms with Crippen LogP contribution >= 0.6 is 0 Å². The van der Waals surface area contributed by atoms with Gasteiger partial charge in [0.1, 0.15) is 0 Å². The maximum absolute atomic E-state index is 4.83. The Morgan fingerprint density at radius 1 is 0.750 bits per heavy atom. The summed E-state index contributed by atoms with van der Waals surface area (Å²) in [6.07, 6.45) is 9.05. The van der Waals surface area contributed by atoms with Gasteiger partial charge in [0, 0.05) is 11.1 Å². The van der Waals surface area contributed by atoms with Crippen molar-refractivity contribution in [3.8, 4) is 0 Å². The first-order chi connectivity index (χ1) is 11.9.